The number of phenols is 2. The Balaban J connectivity index is 2.04. The van der Waals surface area contributed by atoms with Crippen molar-refractivity contribution in [1.82, 2.24) is 10.2 Å². The van der Waals surface area contributed by atoms with Gasteiger partial charge in [0.25, 0.3) is 5.91 Å². The van der Waals surface area contributed by atoms with Crippen LogP contribution in [0.5, 0.6) is 11.5 Å². The summed E-state index contributed by atoms with van der Waals surface area (Å²) in [4.78, 5) is 11.0. The Morgan fingerprint density at radius 2 is 1.85 bits per heavy atom. The van der Waals surface area contributed by atoms with E-state index in [-0.39, 0.29) is 22.9 Å². The van der Waals surface area contributed by atoms with Crippen LogP contribution >= 0.6 is 0 Å². The van der Waals surface area contributed by atoms with E-state index in [0.29, 0.717) is 17.5 Å². The molecule has 0 saturated carbocycles. The average Bonchev–Trinajstić information content (AvgIpc) is 2.62. The second-order valence-corrected chi connectivity index (χ2v) is 7.12. The van der Waals surface area contributed by atoms with Crippen molar-refractivity contribution in [2.45, 2.75) is 11.3 Å². The monoisotopic (exact) mass is 378 g/mol. The van der Waals surface area contributed by atoms with Crippen LogP contribution in [0.3, 0.4) is 0 Å². The summed E-state index contributed by atoms with van der Waals surface area (Å²) in [6, 6.07) is 10.2. The van der Waals surface area contributed by atoms with Crippen LogP contribution in [0.25, 0.3) is 6.08 Å². The molecular formula is C17H18N2O6S. The maximum Gasteiger partial charge on any atom is 0.267 e. The van der Waals surface area contributed by atoms with Gasteiger partial charge in [-0.3, -0.25) is 10.0 Å². The van der Waals surface area contributed by atoms with E-state index in [0.717, 1.165) is 6.08 Å². The third kappa shape index (κ3) is 5.31. The standard InChI is InChI=1S/C17H18N2O6S/c20-15-6-4-13(11-16(15)21)8-9-18-26(24,25)14-3-1-2-12(10-14)5-7-17(22)19-23/h1-7,10-11,18,20-21,23H,8-9H2,(H,19,22). The Kier molecular flexibility index (Phi) is 6.34. The Labute approximate surface area is 150 Å². The number of phenolic OH excluding ortho intramolecular Hbond substituents is 2. The highest BCUT2D eigenvalue weighted by atomic mass is 32.2. The van der Waals surface area contributed by atoms with Crippen LogP contribution in [-0.2, 0) is 21.2 Å². The van der Waals surface area contributed by atoms with Crippen LogP contribution in [0.4, 0.5) is 0 Å². The normalized spacial score (nSPS) is 11.6. The minimum Gasteiger partial charge on any atom is -0.504 e. The Bertz CT molecular complexity index is 925. The van der Waals surface area contributed by atoms with Crippen molar-refractivity contribution in [3.05, 3.63) is 59.7 Å². The third-order valence-corrected chi connectivity index (χ3v) is 4.91. The molecule has 0 unspecified atom stereocenters. The topological polar surface area (TPSA) is 136 Å². The van der Waals surface area contributed by atoms with Gasteiger partial charge < -0.3 is 10.2 Å². The molecule has 0 aliphatic rings. The van der Waals surface area contributed by atoms with Gasteiger partial charge in [0.2, 0.25) is 10.0 Å². The van der Waals surface area contributed by atoms with Gasteiger partial charge in [0, 0.05) is 12.6 Å². The van der Waals surface area contributed by atoms with E-state index >= 15 is 0 Å². The number of hydrogen-bond acceptors (Lipinski definition) is 6. The summed E-state index contributed by atoms with van der Waals surface area (Å²) in [5.74, 6) is -1.24. The summed E-state index contributed by atoms with van der Waals surface area (Å²) >= 11 is 0. The lowest BCUT2D eigenvalue weighted by atomic mass is 10.1. The van der Waals surface area contributed by atoms with E-state index < -0.39 is 15.9 Å². The number of amides is 1. The quantitative estimate of drug-likeness (QED) is 0.212. The van der Waals surface area contributed by atoms with Gasteiger partial charge >= 0.3 is 0 Å². The minimum absolute atomic E-state index is 0.0256. The number of hydroxylamine groups is 1. The number of carbonyl (C=O) groups is 1. The fourth-order valence-corrected chi connectivity index (χ4v) is 3.22. The zero-order valence-corrected chi connectivity index (χ0v) is 14.4. The summed E-state index contributed by atoms with van der Waals surface area (Å²) in [5.41, 5.74) is 2.58. The van der Waals surface area contributed by atoms with E-state index in [1.165, 1.54) is 41.9 Å². The van der Waals surface area contributed by atoms with Gasteiger partial charge in [-0.25, -0.2) is 18.6 Å². The predicted octanol–water partition coefficient (Wildman–Crippen LogP) is 1.14. The number of carbonyl (C=O) groups excluding carboxylic acids is 1. The second kappa shape index (κ2) is 8.48. The molecule has 1 amide bonds. The van der Waals surface area contributed by atoms with Crippen LogP contribution in [0.15, 0.2) is 53.4 Å². The molecule has 0 aromatic heterocycles. The van der Waals surface area contributed by atoms with Crippen LogP contribution in [0.1, 0.15) is 11.1 Å². The summed E-state index contributed by atoms with van der Waals surface area (Å²) in [5, 5.41) is 27.1. The second-order valence-electron chi connectivity index (χ2n) is 5.35. The van der Waals surface area contributed by atoms with Crippen molar-refractivity contribution in [3.63, 3.8) is 0 Å². The van der Waals surface area contributed by atoms with E-state index in [4.69, 9.17) is 5.21 Å². The van der Waals surface area contributed by atoms with E-state index in [1.54, 1.807) is 12.1 Å². The Morgan fingerprint density at radius 1 is 1.08 bits per heavy atom. The molecule has 0 radical (unpaired) electrons. The molecule has 5 N–H and O–H groups in total. The molecule has 26 heavy (non-hydrogen) atoms. The first-order valence-electron chi connectivity index (χ1n) is 7.54. The van der Waals surface area contributed by atoms with Gasteiger partial charge in [-0.2, -0.15) is 0 Å². The zero-order chi connectivity index (χ0) is 19.2. The number of benzene rings is 2. The fraction of sp³-hybridized carbons (Fsp3) is 0.118. The predicted molar refractivity (Wildman–Crippen MR) is 94.1 cm³/mol. The van der Waals surface area contributed by atoms with Gasteiger partial charge in [0.05, 0.1) is 4.90 Å². The number of hydrogen-bond donors (Lipinski definition) is 5. The van der Waals surface area contributed by atoms with E-state index in [9.17, 15) is 23.4 Å². The van der Waals surface area contributed by atoms with Crippen molar-refractivity contribution in [1.29, 1.82) is 0 Å². The van der Waals surface area contributed by atoms with Crippen LogP contribution < -0.4 is 10.2 Å². The summed E-state index contributed by atoms with van der Waals surface area (Å²) in [7, 11) is -3.76. The molecule has 2 rings (SSSR count). The fourth-order valence-electron chi connectivity index (χ4n) is 2.13. The highest BCUT2D eigenvalue weighted by molar-refractivity contribution is 7.89. The van der Waals surface area contributed by atoms with Crippen molar-refractivity contribution < 1.29 is 28.6 Å². The summed E-state index contributed by atoms with van der Waals surface area (Å²) < 4.78 is 27.1. The molecule has 0 spiro atoms. The molecule has 0 fully saturated rings. The maximum absolute atomic E-state index is 12.3. The third-order valence-electron chi connectivity index (χ3n) is 3.45. The van der Waals surface area contributed by atoms with Gasteiger partial charge in [-0.1, -0.05) is 18.2 Å². The number of rotatable bonds is 7. The molecule has 9 heteroatoms. The Morgan fingerprint density at radius 3 is 2.54 bits per heavy atom. The first kappa shape index (κ1) is 19.4. The van der Waals surface area contributed by atoms with Gasteiger partial charge in [0.15, 0.2) is 11.5 Å². The first-order chi connectivity index (χ1) is 12.3. The van der Waals surface area contributed by atoms with Crippen molar-refractivity contribution in [2.75, 3.05) is 6.54 Å². The molecule has 0 aliphatic carbocycles. The van der Waals surface area contributed by atoms with Crippen molar-refractivity contribution >= 4 is 22.0 Å². The maximum atomic E-state index is 12.3. The van der Waals surface area contributed by atoms with Gasteiger partial charge in [-0.15, -0.1) is 0 Å². The van der Waals surface area contributed by atoms with Crippen molar-refractivity contribution in [2.24, 2.45) is 0 Å². The molecule has 2 aromatic carbocycles. The largest absolute Gasteiger partial charge is 0.504 e. The molecule has 138 valence electrons. The van der Waals surface area contributed by atoms with Crippen molar-refractivity contribution in [3.8, 4) is 11.5 Å². The summed E-state index contributed by atoms with van der Waals surface area (Å²) in [6.07, 6.45) is 2.75. The lowest BCUT2D eigenvalue weighted by molar-refractivity contribution is -0.124. The van der Waals surface area contributed by atoms with Crippen LogP contribution in [0.2, 0.25) is 0 Å². The smallest absolute Gasteiger partial charge is 0.267 e. The van der Waals surface area contributed by atoms with Gasteiger partial charge in [0.1, 0.15) is 0 Å². The highest BCUT2D eigenvalue weighted by Gasteiger charge is 2.13. The molecule has 0 atom stereocenters. The van der Waals surface area contributed by atoms with E-state index in [2.05, 4.69) is 4.72 Å². The van der Waals surface area contributed by atoms with Gasteiger partial charge in [-0.05, 0) is 47.9 Å². The SMILES string of the molecule is O=C(C=Cc1cccc(S(=O)(=O)NCCc2ccc(O)c(O)c2)c1)NO. The number of aromatic hydroxyl groups is 2. The summed E-state index contributed by atoms with van der Waals surface area (Å²) in [6.45, 7) is 0.0968. The van der Waals surface area contributed by atoms with Crippen LogP contribution in [-0.4, -0.2) is 36.3 Å². The molecule has 0 aliphatic heterocycles. The molecular weight excluding hydrogens is 360 g/mol. The zero-order valence-electron chi connectivity index (χ0n) is 13.6. The molecule has 0 saturated heterocycles. The minimum atomic E-state index is -3.76. The Hall–Kier alpha value is -2.88. The molecule has 2 aromatic rings. The molecule has 0 bridgehead atoms. The van der Waals surface area contributed by atoms with Crippen LogP contribution in [0, 0.1) is 0 Å². The molecule has 0 heterocycles. The van der Waals surface area contributed by atoms with E-state index in [1.807, 2.05) is 0 Å². The average molecular weight is 378 g/mol. The number of sulfonamides is 1. The number of nitrogens with one attached hydrogen (secondary N) is 2. The molecule has 8 nitrogen and oxygen atoms in total. The highest BCUT2D eigenvalue weighted by Crippen LogP contribution is 2.24. The first-order valence-corrected chi connectivity index (χ1v) is 9.03. The lowest BCUT2D eigenvalue weighted by Crippen LogP contribution is -2.26. The lowest BCUT2D eigenvalue weighted by Gasteiger charge is -2.08.